The molecule has 152 valence electrons. The molecule has 29 heavy (non-hydrogen) atoms. The first-order valence-corrected chi connectivity index (χ1v) is 9.28. The van der Waals surface area contributed by atoms with E-state index in [1.165, 1.54) is 18.2 Å². The van der Waals surface area contributed by atoms with Gasteiger partial charge in [-0.1, -0.05) is 24.3 Å². The SMILES string of the molecule is N=C(Cc1ccc(F)c(C(=O)N2CCN(CO)CC2)c1)c1ccccc1C(N)=O. The van der Waals surface area contributed by atoms with Crippen LogP contribution in [0.1, 0.15) is 31.8 Å². The Bertz CT molecular complexity index is 939. The van der Waals surface area contributed by atoms with Crippen LogP contribution in [0.4, 0.5) is 4.39 Å². The maximum atomic E-state index is 14.3. The van der Waals surface area contributed by atoms with Crippen molar-refractivity contribution in [1.82, 2.24) is 9.80 Å². The minimum Gasteiger partial charge on any atom is -0.381 e. The summed E-state index contributed by atoms with van der Waals surface area (Å²) in [6.45, 7) is 1.80. The molecule has 2 amide bonds. The van der Waals surface area contributed by atoms with Crippen LogP contribution in [0.15, 0.2) is 42.5 Å². The number of piperazine rings is 1. The molecule has 2 aromatic rings. The van der Waals surface area contributed by atoms with Crippen LogP contribution in [0, 0.1) is 11.2 Å². The van der Waals surface area contributed by atoms with Gasteiger partial charge in [0.15, 0.2) is 0 Å². The summed E-state index contributed by atoms with van der Waals surface area (Å²) in [5, 5.41) is 17.5. The van der Waals surface area contributed by atoms with E-state index < -0.39 is 17.6 Å². The van der Waals surface area contributed by atoms with Crippen LogP contribution in [0.5, 0.6) is 0 Å². The summed E-state index contributed by atoms with van der Waals surface area (Å²) >= 11 is 0. The third-order valence-corrected chi connectivity index (χ3v) is 5.02. The highest BCUT2D eigenvalue weighted by molar-refractivity contribution is 6.09. The molecule has 0 bridgehead atoms. The van der Waals surface area contributed by atoms with Gasteiger partial charge in [0, 0.05) is 49.4 Å². The van der Waals surface area contributed by atoms with Crippen molar-refractivity contribution >= 4 is 17.5 Å². The van der Waals surface area contributed by atoms with E-state index in [9.17, 15) is 14.0 Å². The molecule has 1 heterocycles. The van der Waals surface area contributed by atoms with Gasteiger partial charge < -0.3 is 21.1 Å². The van der Waals surface area contributed by atoms with Gasteiger partial charge >= 0.3 is 0 Å². The van der Waals surface area contributed by atoms with Gasteiger partial charge in [-0.25, -0.2) is 4.39 Å². The second-order valence-corrected chi connectivity index (χ2v) is 6.93. The lowest BCUT2D eigenvalue weighted by atomic mass is 9.96. The Morgan fingerprint density at radius 1 is 1.03 bits per heavy atom. The number of nitrogens with one attached hydrogen (secondary N) is 1. The van der Waals surface area contributed by atoms with Crippen molar-refractivity contribution in [1.29, 1.82) is 5.41 Å². The summed E-state index contributed by atoms with van der Waals surface area (Å²) in [6, 6.07) is 10.8. The van der Waals surface area contributed by atoms with Gasteiger partial charge in [0.25, 0.3) is 5.91 Å². The van der Waals surface area contributed by atoms with E-state index in [1.807, 2.05) is 0 Å². The average Bonchev–Trinajstić information content (AvgIpc) is 2.74. The Morgan fingerprint density at radius 2 is 1.69 bits per heavy atom. The van der Waals surface area contributed by atoms with Crippen molar-refractivity contribution in [2.75, 3.05) is 32.9 Å². The number of nitrogens with zero attached hydrogens (tertiary/aromatic N) is 2. The summed E-state index contributed by atoms with van der Waals surface area (Å²) in [5.74, 6) is -1.65. The van der Waals surface area contributed by atoms with Crippen LogP contribution in [-0.4, -0.2) is 65.3 Å². The standard InChI is InChI=1S/C21H23FN4O3/c22-18-6-5-14(12-19(23)15-3-1-2-4-16(15)20(24)28)11-17(18)21(29)26-9-7-25(13-27)8-10-26/h1-6,11,23,27H,7-10,12-13H2,(H2,24,28). The molecule has 2 aromatic carbocycles. The molecule has 1 fully saturated rings. The second-order valence-electron chi connectivity index (χ2n) is 6.93. The summed E-state index contributed by atoms with van der Waals surface area (Å²) in [6.07, 6.45) is 0.128. The van der Waals surface area contributed by atoms with Crippen molar-refractivity contribution in [2.45, 2.75) is 6.42 Å². The van der Waals surface area contributed by atoms with Crippen molar-refractivity contribution in [3.63, 3.8) is 0 Å². The van der Waals surface area contributed by atoms with Gasteiger partial charge in [0.2, 0.25) is 5.91 Å². The number of carbonyl (C=O) groups is 2. The molecule has 0 spiro atoms. The van der Waals surface area contributed by atoms with Crippen LogP contribution in [0.3, 0.4) is 0 Å². The first-order chi connectivity index (χ1) is 13.9. The highest BCUT2D eigenvalue weighted by Crippen LogP contribution is 2.18. The van der Waals surface area contributed by atoms with Gasteiger partial charge in [-0.2, -0.15) is 0 Å². The average molecular weight is 398 g/mol. The summed E-state index contributed by atoms with van der Waals surface area (Å²) < 4.78 is 14.3. The highest BCUT2D eigenvalue weighted by Gasteiger charge is 2.24. The molecule has 8 heteroatoms. The molecule has 0 radical (unpaired) electrons. The molecule has 3 rings (SSSR count). The van der Waals surface area contributed by atoms with E-state index in [2.05, 4.69) is 0 Å². The minimum atomic E-state index is -0.623. The van der Waals surface area contributed by atoms with Crippen molar-refractivity contribution in [3.8, 4) is 0 Å². The first kappa shape index (κ1) is 20.6. The summed E-state index contributed by atoms with van der Waals surface area (Å²) in [4.78, 5) is 27.7. The number of rotatable bonds is 6. The van der Waals surface area contributed by atoms with Crippen LogP contribution < -0.4 is 5.73 Å². The molecule has 0 aromatic heterocycles. The maximum Gasteiger partial charge on any atom is 0.256 e. The van der Waals surface area contributed by atoms with E-state index in [-0.39, 0.29) is 30.0 Å². The van der Waals surface area contributed by atoms with Crippen LogP contribution in [0.2, 0.25) is 0 Å². The monoisotopic (exact) mass is 398 g/mol. The van der Waals surface area contributed by atoms with Gasteiger partial charge in [0.1, 0.15) is 5.82 Å². The zero-order valence-electron chi connectivity index (χ0n) is 15.9. The molecule has 1 aliphatic heterocycles. The number of primary amides is 1. The van der Waals surface area contributed by atoms with E-state index in [4.69, 9.17) is 16.2 Å². The first-order valence-electron chi connectivity index (χ1n) is 9.28. The zero-order chi connectivity index (χ0) is 21.0. The number of hydrogen-bond donors (Lipinski definition) is 3. The molecule has 0 unspecified atom stereocenters. The number of halogens is 1. The third kappa shape index (κ3) is 4.67. The number of aliphatic hydroxyl groups is 1. The van der Waals surface area contributed by atoms with Gasteiger partial charge in [-0.3, -0.25) is 14.5 Å². The van der Waals surface area contributed by atoms with Crippen molar-refractivity contribution in [3.05, 3.63) is 70.5 Å². The highest BCUT2D eigenvalue weighted by atomic mass is 19.1. The third-order valence-electron chi connectivity index (χ3n) is 5.02. The van der Waals surface area contributed by atoms with E-state index >= 15 is 0 Å². The summed E-state index contributed by atoms with van der Waals surface area (Å²) in [5.41, 5.74) is 6.74. The predicted molar refractivity (Wildman–Crippen MR) is 106 cm³/mol. The van der Waals surface area contributed by atoms with Crippen LogP contribution in [-0.2, 0) is 6.42 Å². The molecular weight excluding hydrogens is 375 g/mol. The zero-order valence-corrected chi connectivity index (χ0v) is 15.9. The second kappa shape index (κ2) is 8.93. The van der Waals surface area contributed by atoms with E-state index in [0.29, 0.717) is 37.3 Å². The van der Waals surface area contributed by atoms with E-state index in [1.54, 1.807) is 34.1 Å². The number of benzene rings is 2. The largest absolute Gasteiger partial charge is 0.381 e. The predicted octanol–water partition coefficient (Wildman–Crippen LogP) is 1.24. The number of nitrogens with two attached hydrogens (primary N) is 1. The minimum absolute atomic E-state index is 0.0454. The van der Waals surface area contributed by atoms with Crippen LogP contribution in [0.25, 0.3) is 0 Å². The lowest BCUT2D eigenvalue weighted by Gasteiger charge is -2.33. The van der Waals surface area contributed by atoms with Gasteiger partial charge in [0.05, 0.1) is 12.3 Å². The Morgan fingerprint density at radius 3 is 2.31 bits per heavy atom. The lowest BCUT2D eigenvalue weighted by Crippen LogP contribution is -2.49. The number of hydrogen-bond acceptors (Lipinski definition) is 5. The maximum absolute atomic E-state index is 14.3. The fourth-order valence-corrected chi connectivity index (χ4v) is 3.37. The normalized spacial score (nSPS) is 14.6. The molecule has 0 aliphatic carbocycles. The fourth-order valence-electron chi connectivity index (χ4n) is 3.37. The molecule has 7 nitrogen and oxygen atoms in total. The Balaban J connectivity index is 1.78. The van der Waals surface area contributed by atoms with E-state index in [0.717, 1.165) is 0 Å². The van der Waals surface area contributed by atoms with Crippen LogP contribution >= 0.6 is 0 Å². The number of carbonyl (C=O) groups excluding carboxylic acids is 2. The number of aliphatic hydroxyl groups excluding tert-OH is 1. The lowest BCUT2D eigenvalue weighted by molar-refractivity contribution is 0.0420. The molecule has 0 saturated carbocycles. The molecule has 0 atom stereocenters. The van der Waals surface area contributed by atoms with Gasteiger partial charge in [-0.15, -0.1) is 0 Å². The van der Waals surface area contributed by atoms with Crippen molar-refractivity contribution in [2.24, 2.45) is 5.73 Å². The topological polar surface area (TPSA) is 111 Å². The van der Waals surface area contributed by atoms with Crippen molar-refractivity contribution < 1.29 is 19.1 Å². The molecule has 4 N–H and O–H groups in total. The van der Waals surface area contributed by atoms with Gasteiger partial charge in [-0.05, 0) is 23.8 Å². The molecular formula is C21H23FN4O3. The molecule has 1 aliphatic rings. The smallest absolute Gasteiger partial charge is 0.256 e. The fraction of sp³-hybridized carbons (Fsp3) is 0.286. The Hall–Kier alpha value is -3.10. The summed E-state index contributed by atoms with van der Waals surface area (Å²) in [7, 11) is 0. The molecule has 1 saturated heterocycles. The Kier molecular flexibility index (Phi) is 6.36. The quantitative estimate of drug-likeness (QED) is 0.636. The number of amides is 2. The Labute approximate surface area is 168 Å².